The lowest BCUT2D eigenvalue weighted by molar-refractivity contribution is -0.143. The number of alkyl halides is 3. The predicted octanol–water partition coefficient (Wildman–Crippen LogP) is 3.55. The SMILES string of the molecule is O=C(O)c1ccccc1CC(=O)N1CCOC(c2ccccc2C(F)(F)F)C1. The number of halogens is 3. The van der Waals surface area contributed by atoms with Crippen LogP contribution in [-0.2, 0) is 22.1 Å². The Kier molecular flexibility index (Phi) is 5.69. The molecule has 0 aliphatic carbocycles. The lowest BCUT2D eigenvalue weighted by Crippen LogP contribution is -2.43. The number of carboxylic acid groups (broad SMARTS) is 1. The van der Waals surface area contributed by atoms with Crippen molar-refractivity contribution in [2.75, 3.05) is 19.7 Å². The van der Waals surface area contributed by atoms with Gasteiger partial charge in [-0.3, -0.25) is 4.79 Å². The van der Waals surface area contributed by atoms with Gasteiger partial charge in [0.25, 0.3) is 0 Å². The third-order valence-corrected chi connectivity index (χ3v) is 4.62. The van der Waals surface area contributed by atoms with Gasteiger partial charge in [0.05, 0.1) is 30.7 Å². The molecule has 5 nitrogen and oxygen atoms in total. The van der Waals surface area contributed by atoms with Crippen LogP contribution in [0, 0.1) is 0 Å². The second kappa shape index (κ2) is 8.02. The molecule has 0 saturated carbocycles. The molecule has 1 amide bonds. The molecule has 1 N–H and O–H groups in total. The highest BCUT2D eigenvalue weighted by Crippen LogP contribution is 2.36. The summed E-state index contributed by atoms with van der Waals surface area (Å²) in [5, 5.41) is 9.23. The molecule has 28 heavy (non-hydrogen) atoms. The average molecular weight is 393 g/mol. The van der Waals surface area contributed by atoms with Crippen LogP contribution in [0.1, 0.15) is 33.2 Å². The minimum atomic E-state index is -4.52. The summed E-state index contributed by atoms with van der Waals surface area (Å²) < 4.78 is 45.3. The van der Waals surface area contributed by atoms with Crippen LogP contribution in [-0.4, -0.2) is 41.6 Å². The van der Waals surface area contributed by atoms with Crippen molar-refractivity contribution in [1.29, 1.82) is 0 Å². The molecule has 1 heterocycles. The smallest absolute Gasteiger partial charge is 0.416 e. The summed E-state index contributed by atoms with van der Waals surface area (Å²) in [5.41, 5.74) is -0.411. The summed E-state index contributed by atoms with van der Waals surface area (Å²) in [4.78, 5) is 25.4. The Bertz CT molecular complexity index is 882. The molecule has 1 saturated heterocycles. The summed E-state index contributed by atoms with van der Waals surface area (Å²) >= 11 is 0. The molecule has 2 aromatic rings. The van der Waals surface area contributed by atoms with E-state index in [0.29, 0.717) is 5.56 Å². The van der Waals surface area contributed by atoms with Crippen LogP contribution in [0.3, 0.4) is 0 Å². The zero-order valence-electron chi connectivity index (χ0n) is 14.8. The van der Waals surface area contributed by atoms with E-state index in [9.17, 15) is 27.9 Å². The number of rotatable bonds is 4. The highest BCUT2D eigenvalue weighted by Gasteiger charge is 2.37. The van der Waals surface area contributed by atoms with E-state index < -0.39 is 23.8 Å². The number of hydrogen-bond donors (Lipinski definition) is 1. The summed E-state index contributed by atoms with van der Waals surface area (Å²) in [6.45, 7) is 0.309. The first-order valence-electron chi connectivity index (χ1n) is 8.64. The van der Waals surface area contributed by atoms with Crippen molar-refractivity contribution < 1.29 is 32.6 Å². The van der Waals surface area contributed by atoms with E-state index in [1.807, 2.05) is 0 Å². The molecular weight excluding hydrogens is 375 g/mol. The molecule has 1 unspecified atom stereocenters. The summed E-state index contributed by atoms with van der Waals surface area (Å²) in [6.07, 6.45) is -5.56. The van der Waals surface area contributed by atoms with Crippen molar-refractivity contribution in [3.8, 4) is 0 Å². The van der Waals surface area contributed by atoms with Gasteiger partial charge >= 0.3 is 12.1 Å². The number of aromatic carboxylic acids is 1. The van der Waals surface area contributed by atoms with Crippen LogP contribution in [0.25, 0.3) is 0 Å². The molecule has 148 valence electrons. The molecule has 0 aromatic heterocycles. The number of amides is 1. The molecule has 3 rings (SSSR count). The Morgan fingerprint density at radius 3 is 2.50 bits per heavy atom. The topological polar surface area (TPSA) is 66.8 Å². The quantitative estimate of drug-likeness (QED) is 0.863. The van der Waals surface area contributed by atoms with Crippen LogP contribution in [0.4, 0.5) is 13.2 Å². The van der Waals surface area contributed by atoms with Gasteiger partial charge < -0.3 is 14.7 Å². The Morgan fingerprint density at radius 2 is 1.79 bits per heavy atom. The number of ether oxygens (including phenoxy) is 1. The Balaban J connectivity index is 1.78. The molecule has 8 heteroatoms. The second-order valence-corrected chi connectivity index (χ2v) is 6.42. The number of carbonyl (C=O) groups excluding carboxylic acids is 1. The van der Waals surface area contributed by atoms with E-state index in [1.165, 1.54) is 29.2 Å². The summed E-state index contributed by atoms with van der Waals surface area (Å²) in [5.74, 6) is -1.49. The van der Waals surface area contributed by atoms with Crippen molar-refractivity contribution in [2.24, 2.45) is 0 Å². The Labute approximate surface area is 159 Å². The van der Waals surface area contributed by atoms with E-state index in [0.717, 1.165) is 6.07 Å². The number of carboxylic acids is 1. The first-order chi connectivity index (χ1) is 13.3. The predicted molar refractivity (Wildman–Crippen MR) is 93.8 cm³/mol. The van der Waals surface area contributed by atoms with E-state index in [1.54, 1.807) is 18.2 Å². The standard InChI is InChI=1S/C20H18F3NO4/c21-20(22,23)16-8-4-3-7-15(16)17-12-24(9-10-28-17)18(25)11-13-5-1-2-6-14(13)19(26)27/h1-8,17H,9-12H2,(H,26,27). The monoisotopic (exact) mass is 393 g/mol. The van der Waals surface area contributed by atoms with Crippen LogP contribution in [0.5, 0.6) is 0 Å². The second-order valence-electron chi connectivity index (χ2n) is 6.42. The molecule has 0 radical (unpaired) electrons. The zero-order chi connectivity index (χ0) is 20.3. The van der Waals surface area contributed by atoms with Gasteiger partial charge in [0.2, 0.25) is 5.91 Å². The number of hydrogen-bond acceptors (Lipinski definition) is 3. The van der Waals surface area contributed by atoms with Gasteiger partial charge in [0, 0.05) is 6.54 Å². The van der Waals surface area contributed by atoms with Crippen LogP contribution < -0.4 is 0 Å². The van der Waals surface area contributed by atoms with Gasteiger partial charge in [0.1, 0.15) is 6.10 Å². The highest BCUT2D eigenvalue weighted by atomic mass is 19.4. The van der Waals surface area contributed by atoms with Crippen molar-refractivity contribution in [3.05, 3.63) is 70.8 Å². The van der Waals surface area contributed by atoms with Gasteiger partial charge in [0.15, 0.2) is 0 Å². The van der Waals surface area contributed by atoms with E-state index >= 15 is 0 Å². The summed E-state index contributed by atoms with van der Waals surface area (Å²) in [7, 11) is 0. The number of morpholine rings is 1. The number of nitrogens with zero attached hydrogens (tertiary/aromatic N) is 1. The Morgan fingerprint density at radius 1 is 1.11 bits per heavy atom. The van der Waals surface area contributed by atoms with Crippen LogP contribution in [0.15, 0.2) is 48.5 Å². The van der Waals surface area contributed by atoms with Gasteiger partial charge in [-0.2, -0.15) is 13.2 Å². The molecule has 0 bridgehead atoms. The largest absolute Gasteiger partial charge is 0.478 e. The fourth-order valence-corrected chi connectivity index (χ4v) is 3.26. The fourth-order valence-electron chi connectivity index (χ4n) is 3.26. The molecular formula is C20H18F3NO4. The van der Waals surface area contributed by atoms with Crippen LogP contribution >= 0.6 is 0 Å². The molecule has 1 atom stereocenters. The third kappa shape index (κ3) is 4.33. The Hall–Kier alpha value is -2.87. The van der Waals surface area contributed by atoms with Crippen molar-refractivity contribution in [3.63, 3.8) is 0 Å². The lowest BCUT2D eigenvalue weighted by atomic mass is 9.99. The fraction of sp³-hybridized carbons (Fsp3) is 0.300. The van der Waals surface area contributed by atoms with Gasteiger partial charge in [-0.15, -0.1) is 0 Å². The van der Waals surface area contributed by atoms with Gasteiger partial charge in [-0.1, -0.05) is 36.4 Å². The zero-order valence-corrected chi connectivity index (χ0v) is 14.8. The number of carbonyl (C=O) groups is 2. The first kappa shape index (κ1) is 19.9. The maximum atomic E-state index is 13.3. The van der Waals surface area contributed by atoms with E-state index in [-0.39, 0.29) is 43.2 Å². The molecule has 1 aliphatic rings. The average Bonchev–Trinajstić information content (AvgIpc) is 2.67. The number of benzene rings is 2. The molecule has 2 aromatic carbocycles. The first-order valence-corrected chi connectivity index (χ1v) is 8.64. The van der Waals surface area contributed by atoms with E-state index in [2.05, 4.69) is 0 Å². The van der Waals surface area contributed by atoms with Gasteiger partial charge in [-0.25, -0.2) is 4.79 Å². The summed E-state index contributed by atoms with van der Waals surface area (Å²) in [6, 6.07) is 11.3. The maximum Gasteiger partial charge on any atom is 0.416 e. The third-order valence-electron chi connectivity index (χ3n) is 4.62. The van der Waals surface area contributed by atoms with Crippen molar-refractivity contribution >= 4 is 11.9 Å². The molecule has 1 fully saturated rings. The molecule has 0 spiro atoms. The van der Waals surface area contributed by atoms with Crippen LogP contribution in [0.2, 0.25) is 0 Å². The minimum absolute atomic E-state index is 0.0153. The lowest BCUT2D eigenvalue weighted by Gasteiger charge is -2.34. The minimum Gasteiger partial charge on any atom is -0.478 e. The highest BCUT2D eigenvalue weighted by molar-refractivity contribution is 5.91. The maximum absolute atomic E-state index is 13.3. The van der Waals surface area contributed by atoms with Crippen molar-refractivity contribution in [1.82, 2.24) is 4.90 Å². The van der Waals surface area contributed by atoms with Gasteiger partial charge in [-0.05, 0) is 23.3 Å². The van der Waals surface area contributed by atoms with E-state index in [4.69, 9.17) is 4.74 Å². The molecule has 1 aliphatic heterocycles. The normalized spacial score (nSPS) is 17.4. The van der Waals surface area contributed by atoms with Crippen molar-refractivity contribution in [2.45, 2.75) is 18.7 Å².